The number of carbonyl (C=O) groups is 3. The van der Waals surface area contributed by atoms with Gasteiger partial charge in [0.15, 0.2) is 18.2 Å². The van der Waals surface area contributed by atoms with Crippen molar-refractivity contribution in [2.75, 3.05) is 13.1 Å². The number of guanidine groups is 1. The zero-order valence-electron chi connectivity index (χ0n) is 14.5. The van der Waals surface area contributed by atoms with E-state index in [0.29, 0.717) is 25.9 Å². The maximum Gasteiger partial charge on any atom is 0.336 e. The molecular weight excluding hydrogens is 330 g/mol. The average Bonchev–Trinajstić information content (AvgIpc) is 3.29. The van der Waals surface area contributed by atoms with Crippen LogP contribution in [0.2, 0.25) is 0 Å². The van der Waals surface area contributed by atoms with Gasteiger partial charge < -0.3 is 31.9 Å². The summed E-state index contributed by atoms with van der Waals surface area (Å²) in [7, 11) is 0. The molecule has 0 saturated carbocycles. The zero-order chi connectivity index (χ0) is 19.0. The van der Waals surface area contributed by atoms with E-state index in [-0.39, 0.29) is 17.8 Å². The fourth-order valence-corrected chi connectivity index (χ4v) is 2.24. The third-order valence-corrected chi connectivity index (χ3v) is 3.51. The van der Waals surface area contributed by atoms with Crippen molar-refractivity contribution in [3.63, 3.8) is 0 Å². The van der Waals surface area contributed by atoms with Gasteiger partial charge in [-0.15, -0.1) is 0 Å². The van der Waals surface area contributed by atoms with Gasteiger partial charge in [-0.25, -0.2) is 4.79 Å². The maximum atomic E-state index is 12.3. The van der Waals surface area contributed by atoms with Crippen LogP contribution in [0.1, 0.15) is 33.1 Å². The van der Waals surface area contributed by atoms with Crippen LogP contribution in [-0.4, -0.2) is 60.2 Å². The lowest BCUT2D eigenvalue weighted by Crippen LogP contribution is -2.49. The predicted molar refractivity (Wildman–Crippen MR) is 90.6 cm³/mol. The fraction of sp³-hybridized carbons (Fsp3) is 0.733. The van der Waals surface area contributed by atoms with Crippen molar-refractivity contribution in [1.82, 2.24) is 10.6 Å². The summed E-state index contributed by atoms with van der Waals surface area (Å²) in [5, 5.41) is 14.1. The molecule has 0 spiro atoms. The normalized spacial score (nSPS) is 19.8. The Balaban J connectivity index is 2.40. The number of nitrogens with zero attached hydrogens (tertiary/aromatic N) is 1. The molecule has 142 valence electrons. The molecule has 3 atom stereocenters. The first-order valence-corrected chi connectivity index (χ1v) is 8.24. The average molecular weight is 357 g/mol. The molecule has 0 aromatic rings. The Kier molecular flexibility index (Phi) is 8.12. The molecule has 1 heterocycles. The number of epoxide rings is 1. The minimum absolute atomic E-state index is 0.0331. The zero-order valence-corrected chi connectivity index (χ0v) is 14.5. The number of aliphatic carboxylic acids is 1. The highest BCUT2D eigenvalue weighted by Crippen LogP contribution is 2.22. The van der Waals surface area contributed by atoms with Gasteiger partial charge in [0.25, 0.3) is 5.91 Å². The standard InChI is InChI=1S/C15H27N5O5/c1-8(2)7-9(20-13(22)10-11(25-10)14(23)24)12(21)18-5-3-4-6-19-15(16)17/h8-11H,3-7H2,1-2H3,(H,18,21)(H,20,22)(H,23,24)(H4,16,17,19)/t9-,10-,11+/m0/s1. The van der Waals surface area contributed by atoms with Crippen LogP contribution >= 0.6 is 0 Å². The highest BCUT2D eigenvalue weighted by atomic mass is 16.6. The first kappa shape index (κ1) is 20.7. The Morgan fingerprint density at radius 3 is 2.40 bits per heavy atom. The Morgan fingerprint density at radius 1 is 1.20 bits per heavy atom. The molecule has 0 aromatic carbocycles. The summed E-state index contributed by atoms with van der Waals surface area (Å²) in [5.41, 5.74) is 10.4. The van der Waals surface area contributed by atoms with Crippen LogP contribution in [0.3, 0.4) is 0 Å². The molecule has 0 unspecified atom stereocenters. The second kappa shape index (κ2) is 9.82. The van der Waals surface area contributed by atoms with E-state index in [4.69, 9.17) is 21.3 Å². The first-order chi connectivity index (χ1) is 11.7. The van der Waals surface area contributed by atoms with Crippen molar-refractivity contribution >= 4 is 23.7 Å². The van der Waals surface area contributed by atoms with Crippen molar-refractivity contribution in [1.29, 1.82) is 0 Å². The van der Waals surface area contributed by atoms with E-state index in [1.54, 1.807) is 0 Å². The molecule has 0 aliphatic carbocycles. The topological polar surface area (TPSA) is 172 Å². The quantitative estimate of drug-likeness (QED) is 0.130. The summed E-state index contributed by atoms with van der Waals surface area (Å²) in [4.78, 5) is 38.8. The third kappa shape index (κ3) is 7.84. The van der Waals surface area contributed by atoms with Gasteiger partial charge in [-0.05, 0) is 25.2 Å². The molecule has 2 amide bonds. The molecule has 10 heteroatoms. The molecule has 0 aromatic heterocycles. The van der Waals surface area contributed by atoms with Gasteiger partial charge in [0.1, 0.15) is 6.04 Å². The highest BCUT2D eigenvalue weighted by Gasteiger charge is 2.51. The minimum atomic E-state index is -1.19. The molecule has 1 fully saturated rings. The van der Waals surface area contributed by atoms with Crippen LogP contribution < -0.4 is 22.1 Å². The van der Waals surface area contributed by atoms with Crippen LogP contribution in [0.4, 0.5) is 0 Å². The highest BCUT2D eigenvalue weighted by molar-refractivity contribution is 5.95. The summed E-state index contributed by atoms with van der Waals surface area (Å²) < 4.78 is 4.79. The van der Waals surface area contributed by atoms with Crippen LogP contribution in [0.5, 0.6) is 0 Å². The number of nitrogens with one attached hydrogen (secondary N) is 2. The van der Waals surface area contributed by atoms with E-state index in [0.717, 1.165) is 6.42 Å². The van der Waals surface area contributed by atoms with Crippen molar-refractivity contribution < 1.29 is 24.2 Å². The Morgan fingerprint density at radius 2 is 1.88 bits per heavy atom. The van der Waals surface area contributed by atoms with Gasteiger partial charge in [-0.2, -0.15) is 0 Å². The number of hydrogen-bond donors (Lipinski definition) is 5. The number of rotatable bonds is 11. The SMILES string of the molecule is CC(C)C[C@H](NC(=O)[C@H]1O[C@H]1C(=O)O)C(=O)NCCCCN=C(N)N. The van der Waals surface area contributed by atoms with E-state index in [9.17, 15) is 14.4 Å². The molecule has 0 bridgehead atoms. The van der Waals surface area contributed by atoms with E-state index < -0.39 is 30.1 Å². The number of aliphatic imine (C=N–C) groups is 1. The van der Waals surface area contributed by atoms with Crippen LogP contribution in [0.15, 0.2) is 4.99 Å². The summed E-state index contributed by atoms with van der Waals surface area (Å²) in [6.07, 6.45) is -0.304. The van der Waals surface area contributed by atoms with Crippen LogP contribution in [-0.2, 0) is 19.1 Å². The van der Waals surface area contributed by atoms with Gasteiger partial charge in [-0.3, -0.25) is 14.6 Å². The number of nitrogens with two attached hydrogens (primary N) is 2. The smallest absolute Gasteiger partial charge is 0.336 e. The third-order valence-electron chi connectivity index (χ3n) is 3.51. The summed E-state index contributed by atoms with van der Waals surface area (Å²) >= 11 is 0. The van der Waals surface area contributed by atoms with Crippen LogP contribution in [0.25, 0.3) is 0 Å². The van der Waals surface area contributed by atoms with Crippen molar-refractivity contribution in [3.05, 3.63) is 0 Å². The Bertz CT molecular complexity index is 518. The summed E-state index contributed by atoms with van der Waals surface area (Å²) in [6.45, 7) is 4.77. The number of unbranched alkanes of at least 4 members (excludes halogenated alkanes) is 1. The molecule has 10 nitrogen and oxygen atoms in total. The monoisotopic (exact) mass is 357 g/mol. The van der Waals surface area contributed by atoms with Gasteiger partial charge >= 0.3 is 5.97 Å². The molecule has 0 radical (unpaired) electrons. The minimum Gasteiger partial charge on any atom is -0.479 e. The predicted octanol–water partition coefficient (Wildman–Crippen LogP) is -1.46. The van der Waals surface area contributed by atoms with E-state index in [1.165, 1.54) is 0 Å². The molecule has 25 heavy (non-hydrogen) atoms. The molecular formula is C15H27N5O5. The largest absolute Gasteiger partial charge is 0.479 e. The van der Waals surface area contributed by atoms with Crippen molar-refractivity contribution in [2.24, 2.45) is 22.4 Å². The molecule has 1 rings (SSSR count). The fourth-order valence-electron chi connectivity index (χ4n) is 2.24. The van der Waals surface area contributed by atoms with Gasteiger partial charge in [-0.1, -0.05) is 13.8 Å². The van der Waals surface area contributed by atoms with Gasteiger partial charge in [0.05, 0.1) is 0 Å². The number of carboxylic acid groups (broad SMARTS) is 1. The molecule has 1 aliphatic heterocycles. The number of amides is 2. The Labute approximate surface area is 146 Å². The van der Waals surface area contributed by atoms with Crippen LogP contribution in [0, 0.1) is 5.92 Å². The number of carboxylic acids is 1. The van der Waals surface area contributed by atoms with Crippen molar-refractivity contribution in [2.45, 2.75) is 51.4 Å². The lowest BCUT2D eigenvalue weighted by Gasteiger charge is -2.19. The maximum absolute atomic E-state index is 12.3. The number of carbonyl (C=O) groups excluding carboxylic acids is 2. The lowest BCUT2D eigenvalue weighted by atomic mass is 10.0. The molecule has 1 aliphatic rings. The molecule has 1 saturated heterocycles. The van der Waals surface area contributed by atoms with E-state index in [2.05, 4.69) is 15.6 Å². The van der Waals surface area contributed by atoms with Gasteiger partial charge in [0.2, 0.25) is 5.91 Å². The summed E-state index contributed by atoms with van der Waals surface area (Å²) in [6, 6.07) is -0.733. The molecule has 7 N–H and O–H groups in total. The lowest BCUT2D eigenvalue weighted by molar-refractivity contribution is -0.138. The van der Waals surface area contributed by atoms with E-state index >= 15 is 0 Å². The Hall–Kier alpha value is -2.36. The van der Waals surface area contributed by atoms with Crippen molar-refractivity contribution in [3.8, 4) is 0 Å². The van der Waals surface area contributed by atoms with Gasteiger partial charge in [0, 0.05) is 13.1 Å². The number of ether oxygens (including phenoxy) is 1. The first-order valence-electron chi connectivity index (χ1n) is 8.24. The second-order valence-electron chi connectivity index (χ2n) is 6.31. The number of hydrogen-bond acceptors (Lipinski definition) is 5. The van der Waals surface area contributed by atoms with E-state index in [1.807, 2.05) is 13.8 Å². The second-order valence-corrected chi connectivity index (χ2v) is 6.31. The summed E-state index contributed by atoms with van der Waals surface area (Å²) in [5.74, 6) is -1.87.